The molecule has 1 aromatic heterocycles. The van der Waals surface area contributed by atoms with Crippen LogP contribution >= 0.6 is 11.3 Å². The molecule has 1 saturated carbocycles. The van der Waals surface area contributed by atoms with Crippen LogP contribution in [0.4, 0.5) is 8.78 Å². The van der Waals surface area contributed by atoms with E-state index in [0.29, 0.717) is 5.19 Å². The predicted molar refractivity (Wildman–Crippen MR) is 93.2 cm³/mol. The third-order valence-electron chi connectivity index (χ3n) is 5.30. The number of alkyl halides is 2. The van der Waals surface area contributed by atoms with Crippen LogP contribution in [0.1, 0.15) is 56.0 Å². The number of ether oxygens (including phenoxy) is 1. The van der Waals surface area contributed by atoms with Gasteiger partial charge in [-0.2, -0.15) is 0 Å². The van der Waals surface area contributed by atoms with Gasteiger partial charge in [-0.25, -0.2) is 13.8 Å². The Morgan fingerprint density at radius 1 is 1.21 bits per heavy atom. The Balaban J connectivity index is 1.47. The fourth-order valence-corrected chi connectivity index (χ4v) is 4.74. The largest absolute Gasteiger partial charge is 0.461 e. The number of thiazole rings is 1. The number of hydrogen-bond acceptors (Lipinski definition) is 4. The third-order valence-corrected chi connectivity index (χ3v) is 6.35. The maximum absolute atomic E-state index is 12.6. The van der Waals surface area contributed by atoms with Crippen LogP contribution in [0.3, 0.4) is 0 Å². The minimum absolute atomic E-state index is 0.406. The highest BCUT2D eigenvalue weighted by atomic mass is 32.1. The molecule has 0 N–H and O–H groups in total. The van der Waals surface area contributed by atoms with E-state index >= 15 is 0 Å². The fraction of sp³-hybridized carbons (Fsp3) is 0.833. The summed E-state index contributed by atoms with van der Waals surface area (Å²) in [7, 11) is 0. The summed E-state index contributed by atoms with van der Waals surface area (Å²) in [4.78, 5) is 8.22. The zero-order valence-electron chi connectivity index (χ0n) is 14.5. The van der Waals surface area contributed by atoms with Gasteiger partial charge in [-0.1, -0.05) is 43.4 Å². The molecule has 1 aliphatic carbocycles. The van der Waals surface area contributed by atoms with E-state index in [1.807, 2.05) is 0 Å². The molecule has 0 saturated heterocycles. The van der Waals surface area contributed by atoms with Crippen LogP contribution in [0.25, 0.3) is 0 Å². The first-order valence-electron chi connectivity index (χ1n) is 9.27. The van der Waals surface area contributed by atoms with Crippen LogP contribution in [0.2, 0.25) is 0 Å². The van der Waals surface area contributed by atoms with E-state index in [4.69, 9.17) is 4.74 Å². The van der Waals surface area contributed by atoms with Gasteiger partial charge in [0.05, 0.1) is 5.69 Å². The van der Waals surface area contributed by atoms with Gasteiger partial charge in [-0.05, 0) is 32.2 Å². The predicted octanol–water partition coefficient (Wildman–Crippen LogP) is 4.55. The first-order valence-corrected chi connectivity index (χ1v) is 10.1. The molecule has 0 amide bonds. The summed E-state index contributed by atoms with van der Waals surface area (Å²) >= 11 is 1.45. The van der Waals surface area contributed by atoms with Crippen LogP contribution in [-0.2, 0) is 12.8 Å². The van der Waals surface area contributed by atoms with Gasteiger partial charge in [-0.15, -0.1) is 0 Å². The van der Waals surface area contributed by atoms with Gasteiger partial charge < -0.3 is 9.64 Å². The van der Waals surface area contributed by atoms with Crippen LogP contribution in [0.15, 0.2) is 0 Å². The van der Waals surface area contributed by atoms with Gasteiger partial charge in [-0.3, -0.25) is 0 Å². The molecule has 6 heteroatoms. The van der Waals surface area contributed by atoms with Crippen LogP contribution in [0, 0.1) is 5.92 Å². The van der Waals surface area contributed by atoms with E-state index in [1.165, 1.54) is 68.2 Å². The number of hydrogen-bond donors (Lipinski definition) is 0. The second-order valence-electron chi connectivity index (χ2n) is 7.14. The Morgan fingerprint density at radius 3 is 2.71 bits per heavy atom. The Hall–Kier alpha value is -0.750. The molecule has 1 fully saturated rings. The molecule has 0 spiro atoms. The summed E-state index contributed by atoms with van der Waals surface area (Å²) in [6.45, 7) is 4.65. The van der Waals surface area contributed by atoms with Gasteiger partial charge in [0.25, 0.3) is 11.6 Å². The first-order chi connectivity index (χ1) is 11.6. The monoisotopic (exact) mass is 358 g/mol. The molecule has 0 bridgehead atoms. The van der Waals surface area contributed by atoms with Crippen molar-refractivity contribution < 1.29 is 13.5 Å². The lowest BCUT2D eigenvalue weighted by molar-refractivity contribution is 0.0224. The fourth-order valence-electron chi connectivity index (χ4n) is 3.71. The molecule has 24 heavy (non-hydrogen) atoms. The van der Waals surface area contributed by atoms with Crippen LogP contribution in [-0.4, -0.2) is 42.0 Å². The highest BCUT2D eigenvalue weighted by Crippen LogP contribution is 2.30. The molecule has 3 rings (SSSR count). The highest BCUT2D eigenvalue weighted by molar-refractivity contribution is 7.13. The Morgan fingerprint density at radius 2 is 1.96 bits per heavy atom. The minimum Gasteiger partial charge on any atom is -0.461 e. The first kappa shape index (κ1) is 18.1. The molecule has 1 aromatic rings. The Labute approximate surface area is 147 Å². The number of aromatic nitrogens is 1. The minimum atomic E-state index is -2.47. The van der Waals surface area contributed by atoms with E-state index in [-0.39, 0.29) is 0 Å². The Bertz CT molecular complexity index is 492. The molecular formula is C18H28F2N2OS. The topological polar surface area (TPSA) is 25.4 Å². The maximum Gasteiger partial charge on any atom is 0.274 e. The van der Waals surface area contributed by atoms with Gasteiger partial charge >= 0.3 is 0 Å². The third kappa shape index (κ3) is 4.88. The van der Waals surface area contributed by atoms with Crippen molar-refractivity contribution >= 4 is 11.3 Å². The molecule has 1 atom stereocenters. The molecule has 1 unspecified atom stereocenters. The molecule has 3 nitrogen and oxygen atoms in total. The molecule has 2 heterocycles. The van der Waals surface area contributed by atoms with Gasteiger partial charge in [0.1, 0.15) is 0 Å². The highest BCUT2D eigenvalue weighted by Gasteiger charge is 2.23. The van der Waals surface area contributed by atoms with Crippen molar-refractivity contribution in [3.63, 3.8) is 0 Å². The molecule has 0 aromatic carbocycles. The second kappa shape index (κ2) is 8.56. The zero-order valence-corrected chi connectivity index (χ0v) is 15.3. The van der Waals surface area contributed by atoms with Crippen molar-refractivity contribution in [2.45, 2.75) is 70.8 Å². The molecular weight excluding hydrogens is 330 g/mol. The van der Waals surface area contributed by atoms with Gasteiger partial charge in [0.15, 0.2) is 6.10 Å². The number of nitrogens with zero attached hydrogens (tertiary/aromatic N) is 2. The van der Waals surface area contributed by atoms with E-state index in [2.05, 4.69) is 9.88 Å². The Kier molecular flexibility index (Phi) is 6.44. The van der Waals surface area contributed by atoms with Crippen LogP contribution in [0.5, 0.6) is 5.19 Å². The quantitative estimate of drug-likeness (QED) is 0.746. The molecule has 1 aliphatic heterocycles. The lowest BCUT2D eigenvalue weighted by Crippen LogP contribution is -2.29. The summed E-state index contributed by atoms with van der Waals surface area (Å²) in [5.74, 6) is 0.921. The van der Waals surface area contributed by atoms with Crippen molar-refractivity contribution in [1.29, 1.82) is 0 Å². The number of halogens is 2. The summed E-state index contributed by atoms with van der Waals surface area (Å²) in [5, 5.41) is 0.406. The SMILES string of the molecule is CC(Oc1nc2c(s1)CCN(CCC1CCCCC1)CC2)C(F)F. The smallest absolute Gasteiger partial charge is 0.274 e. The molecule has 136 valence electrons. The molecule has 2 aliphatic rings. The lowest BCUT2D eigenvalue weighted by atomic mass is 9.87. The normalized spacial score (nSPS) is 21.5. The van der Waals surface area contributed by atoms with E-state index < -0.39 is 12.5 Å². The standard InChI is InChI=1S/C18H28F2N2OS/c1-13(17(19)20)23-18-21-15-8-11-22(12-9-16(15)24-18)10-7-14-5-3-2-4-6-14/h13-14,17H,2-12H2,1H3. The number of rotatable bonds is 6. The summed E-state index contributed by atoms with van der Waals surface area (Å²) in [6, 6.07) is 0. The molecule has 0 radical (unpaired) electrons. The second-order valence-corrected chi connectivity index (χ2v) is 8.19. The maximum atomic E-state index is 12.6. The summed E-state index contributed by atoms with van der Waals surface area (Å²) < 4.78 is 30.5. The van der Waals surface area contributed by atoms with Crippen molar-refractivity contribution in [3.8, 4) is 5.19 Å². The van der Waals surface area contributed by atoms with Gasteiger partial charge in [0, 0.05) is 24.4 Å². The van der Waals surface area contributed by atoms with Crippen molar-refractivity contribution in [2.24, 2.45) is 5.92 Å². The average Bonchev–Trinajstić information content (AvgIpc) is 2.87. The van der Waals surface area contributed by atoms with Crippen molar-refractivity contribution in [3.05, 3.63) is 10.6 Å². The van der Waals surface area contributed by atoms with E-state index in [1.54, 1.807) is 0 Å². The lowest BCUT2D eigenvalue weighted by Gasteiger charge is -2.26. The van der Waals surface area contributed by atoms with E-state index in [9.17, 15) is 8.78 Å². The van der Waals surface area contributed by atoms with Crippen molar-refractivity contribution in [1.82, 2.24) is 9.88 Å². The summed E-state index contributed by atoms with van der Waals surface area (Å²) in [6.07, 6.45) is 6.68. The number of fused-ring (bicyclic) bond motifs is 1. The van der Waals surface area contributed by atoms with Crippen LogP contribution < -0.4 is 4.74 Å². The van der Waals surface area contributed by atoms with E-state index in [0.717, 1.165) is 37.5 Å². The summed E-state index contributed by atoms with van der Waals surface area (Å²) in [5.41, 5.74) is 1.05. The van der Waals surface area contributed by atoms with Crippen molar-refractivity contribution in [2.75, 3.05) is 19.6 Å². The van der Waals surface area contributed by atoms with Gasteiger partial charge in [0.2, 0.25) is 0 Å². The zero-order chi connectivity index (χ0) is 16.9. The average molecular weight is 358 g/mol.